The summed E-state index contributed by atoms with van der Waals surface area (Å²) >= 11 is 4.56. The van der Waals surface area contributed by atoms with Crippen LogP contribution in [-0.2, 0) is 10.8 Å². The summed E-state index contributed by atoms with van der Waals surface area (Å²) in [6, 6.07) is 0. The van der Waals surface area contributed by atoms with Crippen molar-refractivity contribution in [2.75, 3.05) is 18.6 Å². The second-order valence-corrected chi connectivity index (χ2v) is 3.85. The Morgan fingerprint density at radius 2 is 2.30 bits per heavy atom. The maximum absolute atomic E-state index is 10.5. The van der Waals surface area contributed by atoms with Gasteiger partial charge in [0.25, 0.3) is 0 Å². The van der Waals surface area contributed by atoms with Gasteiger partial charge in [-0.2, -0.15) is 0 Å². The molecule has 0 rings (SSSR count). The van der Waals surface area contributed by atoms with Crippen molar-refractivity contribution in [3.8, 4) is 0 Å². The molecule has 60 valence electrons. The lowest BCUT2D eigenvalue weighted by molar-refractivity contribution is 0.680. The van der Waals surface area contributed by atoms with Crippen LogP contribution >= 0.6 is 12.2 Å². The molecule has 0 heterocycles. The van der Waals surface area contributed by atoms with Crippen LogP contribution in [0.4, 0.5) is 0 Å². The fourth-order valence-electron chi connectivity index (χ4n) is 0.591. The van der Waals surface area contributed by atoms with Gasteiger partial charge in [0.1, 0.15) is 0 Å². The molecule has 0 radical (unpaired) electrons. The Hall–Kier alpha value is 0.0400. The second-order valence-electron chi connectivity index (χ2n) is 2.06. The van der Waals surface area contributed by atoms with Gasteiger partial charge in [0.15, 0.2) is 0 Å². The molecule has 0 aliphatic rings. The number of hydrogen-bond acceptors (Lipinski definition) is 2. The molecule has 0 saturated carbocycles. The molecule has 0 bridgehead atoms. The molecule has 0 amide bonds. The topological polar surface area (TPSA) is 29.1 Å². The van der Waals surface area contributed by atoms with E-state index in [1.165, 1.54) is 5.49 Å². The second kappa shape index (κ2) is 7.15. The van der Waals surface area contributed by atoms with Gasteiger partial charge in [-0.3, -0.25) is 4.21 Å². The van der Waals surface area contributed by atoms with E-state index in [0.717, 1.165) is 25.1 Å². The summed E-state index contributed by atoms with van der Waals surface area (Å²) in [5, 5.41) is 2.91. The van der Waals surface area contributed by atoms with Crippen LogP contribution in [0.1, 0.15) is 12.8 Å². The third-order valence-electron chi connectivity index (χ3n) is 1.09. The smallest absolute Gasteiger partial charge is 0.0614 e. The lowest BCUT2D eigenvalue weighted by Gasteiger charge is -1.97. The van der Waals surface area contributed by atoms with Gasteiger partial charge in [-0.1, -0.05) is 12.2 Å². The third kappa shape index (κ3) is 8.04. The highest BCUT2D eigenvalue weighted by atomic mass is 32.2. The zero-order chi connectivity index (χ0) is 7.82. The summed E-state index contributed by atoms with van der Waals surface area (Å²) in [6.45, 7) is 0.903. The first-order valence-electron chi connectivity index (χ1n) is 3.24. The highest BCUT2D eigenvalue weighted by Gasteiger charge is 1.89. The lowest BCUT2D eigenvalue weighted by Crippen LogP contribution is -2.11. The Labute approximate surface area is 69.8 Å². The van der Waals surface area contributed by atoms with Crippen molar-refractivity contribution in [1.82, 2.24) is 5.32 Å². The van der Waals surface area contributed by atoms with E-state index in [9.17, 15) is 4.21 Å². The van der Waals surface area contributed by atoms with Gasteiger partial charge in [-0.25, -0.2) is 0 Å². The Bertz CT molecular complexity index is 116. The minimum Gasteiger partial charge on any atom is -0.382 e. The SMILES string of the molecule is C[S@@](=O)CCCCNC=S. The van der Waals surface area contributed by atoms with Crippen molar-refractivity contribution in [2.24, 2.45) is 0 Å². The van der Waals surface area contributed by atoms with Gasteiger partial charge in [-0.15, -0.1) is 0 Å². The molecule has 2 nitrogen and oxygen atoms in total. The van der Waals surface area contributed by atoms with E-state index in [-0.39, 0.29) is 0 Å². The summed E-state index contributed by atoms with van der Waals surface area (Å²) in [7, 11) is -0.635. The van der Waals surface area contributed by atoms with E-state index in [1.807, 2.05) is 0 Å². The number of nitrogens with one attached hydrogen (secondary N) is 1. The van der Waals surface area contributed by atoms with Crippen LogP contribution in [0.2, 0.25) is 0 Å². The Morgan fingerprint density at radius 1 is 1.60 bits per heavy atom. The van der Waals surface area contributed by atoms with Crippen LogP contribution in [0.15, 0.2) is 0 Å². The maximum Gasteiger partial charge on any atom is 0.0614 e. The molecule has 0 unspecified atom stereocenters. The lowest BCUT2D eigenvalue weighted by atomic mass is 10.3. The molecule has 0 aliphatic heterocycles. The van der Waals surface area contributed by atoms with E-state index < -0.39 is 10.8 Å². The molecular weight excluding hydrogens is 166 g/mol. The van der Waals surface area contributed by atoms with Crippen LogP contribution in [-0.4, -0.2) is 28.3 Å². The Kier molecular flexibility index (Phi) is 7.18. The van der Waals surface area contributed by atoms with Crippen molar-refractivity contribution in [1.29, 1.82) is 0 Å². The third-order valence-corrected chi connectivity index (χ3v) is 2.12. The average molecular weight is 179 g/mol. The standard InChI is InChI=1S/C6H13NOS2/c1-10(8)5-3-2-4-7-6-9/h6H,2-5H2,1H3,(H,7,9)/t10-/m1/s1. The van der Waals surface area contributed by atoms with Gasteiger partial charge in [0.05, 0.1) is 5.49 Å². The first-order chi connectivity index (χ1) is 4.77. The summed E-state index contributed by atoms with van der Waals surface area (Å²) in [4.78, 5) is 0. The molecule has 10 heavy (non-hydrogen) atoms. The fraction of sp³-hybridized carbons (Fsp3) is 0.833. The minimum absolute atomic E-state index is 0.635. The minimum atomic E-state index is -0.635. The summed E-state index contributed by atoms with van der Waals surface area (Å²) in [5.74, 6) is 0.805. The summed E-state index contributed by atoms with van der Waals surface area (Å²) in [5.41, 5.74) is 1.52. The van der Waals surface area contributed by atoms with Gasteiger partial charge >= 0.3 is 0 Å². The van der Waals surface area contributed by atoms with E-state index in [4.69, 9.17) is 0 Å². The number of hydrogen-bond donors (Lipinski definition) is 1. The van der Waals surface area contributed by atoms with Crippen LogP contribution < -0.4 is 5.32 Å². The molecular formula is C6H13NOS2. The zero-order valence-corrected chi connectivity index (χ0v) is 7.76. The predicted octanol–water partition coefficient (Wildman–Crippen LogP) is 0.692. The van der Waals surface area contributed by atoms with Gasteiger partial charge < -0.3 is 5.32 Å². The van der Waals surface area contributed by atoms with Crippen molar-refractivity contribution in [3.05, 3.63) is 0 Å². The molecule has 0 aliphatic carbocycles. The number of thiocarbonyl (C=S) groups is 1. The summed E-state index contributed by atoms with van der Waals surface area (Å²) < 4.78 is 10.5. The largest absolute Gasteiger partial charge is 0.382 e. The van der Waals surface area contributed by atoms with Crippen molar-refractivity contribution in [2.45, 2.75) is 12.8 Å². The first kappa shape index (κ1) is 10.0. The Balaban J connectivity index is 2.90. The van der Waals surface area contributed by atoms with Crippen molar-refractivity contribution < 1.29 is 4.21 Å². The van der Waals surface area contributed by atoms with Gasteiger partial charge in [0, 0.05) is 29.4 Å². The normalized spacial score (nSPS) is 12.5. The molecule has 1 atom stereocenters. The highest BCUT2D eigenvalue weighted by molar-refractivity contribution is 7.84. The molecule has 4 heteroatoms. The predicted molar refractivity (Wildman–Crippen MR) is 49.8 cm³/mol. The first-order valence-corrected chi connectivity index (χ1v) is 5.44. The molecule has 0 aromatic heterocycles. The molecule has 1 N–H and O–H groups in total. The van der Waals surface area contributed by atoms with Crippen molar-refractivity contribution in [3.63, 3.8) is 0 Å². The molecule has 0 spiro atoms. The fourth-order valence-corrected chi connectivity index (χ4v) is 1.32. The van der Waals surface area contributed by atoms with Gasteiger partial charge in [-0.05, 0) is 12.8 Å². The van der Waals surface area contributed by atoms with E-state index in [1.54, 1.807) is 6.26 Å². The summed E-state index contributed by atoms with van der Waals surface area (Å²) in [6.07, 6.45) is 3.79. The number of unbranched alkanes of at least 4 members (excludes halogenated alkanes) is 1. The zero-order valence-electron chi connectivity index (χ0n) is 6.13. The monoisotopic (exact) mass is 179 g/mol. The van der Waals surface area contributed by atoms with Crippen LogP contribution in [0, 0.1) is 0 Å². The van der Waals surface area contributed by atoms with E-state index in [0.29, 0.717) is 0 Å². The maximum atomic E-state index is 10.5. The molecule has 0 fully saturated rings. The van der Waals surface area contributed by atoms with Crippen molar-refractivity contribution >= 4 is 28.5 Å². The van der Waals surface area contributed by atoms with Crippen LogP contribution in [0.5, 0.6) is 0 Å². The number of rotatable bonds is 6. The molecule has 0 saturated heterocycles. The molecule has 0 aromatic carbocycles. The highest BCUT2D eigenvalue weighted by Crippen LogP contribution is 1.88. The van der Waals surface area contributed by atoms with E-state index in [2.05, 4.69) is 17.5 Å². The quantitative estimate of drug-likeness (QED) is 0.480. The average Bonchev–Trinajstić information content (AvgIpc) is 1.87. The van der Waals surface area contributed by atoms with E-state index >= 15 is 0 Å². The Morgan fingerprint density at radius 3 is 2.80 bits per heavy atom. The van der Waals surface area contributed by atoms with Crippen LogP contribution in [0.25, 0.3) is 0 Å². The van der Waals surface area contributed by atoms with Crippen LogP contribution in [0.3, 0.4) is 0 Å². The molecule has 0 aromatic rings. The van der Waals surface area contributed by atoms with Gasteiger partial charge in [0.2, 0.25) is 0 Å².